The molecule has 1 saturated carbocycles. The lowest BCUT2D eigenvalue weighted by atomic mass is 9.49. The molecule has 0 radical (unpaired) electrons. The third-order valence-corrected chi connectivity index (χ3v) is 10.4. The standard InChI is InChI=1S/C35H31ClN2O6/c1-3-37-31(40)24-14-13-23-25(29(24)33(37)42)18-27-32(41)38(21-11-7-10-20(36)16-21)34(43)35(27,19-8-5-4-6-9-19)30(23)26-17-22(44-2)12-15-28(26)39/h4-13,15-17,24-25,27,29-30,39H,3,14,18H2,1-2H3. The van der Waals surface area contributed by atoms with Gasteiger partial charge in [-0.2, -0.15) is 0 Å². The van der Waals surface area contributed by atoms with Gasteiger partial charge in [-0.25, -0.2) is 4.90 Å². The molecule has 0 spiro atoms. The van der Waals surface area contributed by atoms with E-state index in [0.29, 0.717) is 34.0 Å². The Morgan fingerprint density at radius 1 is 0.932 bits per heavy atom. The molecule has 2 aliphatic carbocycles. The molecular weight excluding hydrogens is 580 g/mol. The third kappa shape index (κ3) is 3.76. The number of amides is 4. The van der Waals surface area contributed by atoms with Gasteiger partial charge in [-0.05, 0) is 67.6 Å². The fraction of sp³-hybridized carbons (Fsp3) is 0.314. The zero-order valence-corrected chi connectivity index (χ0v) is 25.0. The molecule has 3 fully saturated rings. The summed E-state index contributed by atoms with van der Waals surface area (Å²) in [6, 6.07) is 20.7. The van der Waals surface area contributed by atoms with Crippen LogP contribution in [0, 0.1) is 23.7 Å². The molecular formula is C35H31ClN2O6. The lowest BCUT2D eigenvalue weighted by Crippen LogP contribution is -2.53. The summed E-state index contributed by atoms with van der Waals surface area (Å²) in [6.45, 7) is 2.05. The van der Waals surface area contributed by atoms with Gasteiger partial charge in [0, 0.05) is 23.0 Å². The lowest BCUT2D eigenvalue weighted by Gasteiger charge is -2.50. The summed E-state index contributed by atoms with van der Waals surface area (Å²) in [6.07, 6.45) is 2.50. The third-order valence-electron chi connectivity index (χ3n) is 10.1. The largest absolute Gasteiger partial charge is 0.508 e. The molecule has 3 aromatic rings. The molecule has 2 heterocycles. The number of phenolic OH excluding ortho intramolecular Hbond substituents is 1. The molecule has 7 rings (SSSR count). The van der Waals surface area contributed by atoms with E-state index in [1.807, 2.05) is 36.4 Å². The molecule has 44 heavy (non-hydrogen) atoms. The number of anilines is 1. The smallest absolute Gasteiger partial charge is 0.246 e. The van der Waals surface area contributed by atoms with Gasteiger partial charge in [-0.15, -0.1) is 0 Å². The number of carbonyl (C=O) groups is 4. The van der Waals surface area contributed by atoms with Crippen LogP contribution in [-0.4, -0.2) is 47.3 Å². The fourth-order valence-corrected chi connectivity index (χ4v) is 8.54. The quantitative estimate of drug-likeness (QED) is 0.313. The second kappa shape index (κ2) is 10.3. The molecule has 0 aromatic heterocycles. The minimum absolute atomic E-state index is 0.0565. The van der Waals surface area contributed by atoms with Crippen molar-refractivity contribution in [3.63, 3.8) is 0 Å². The van der Waals surface area contributed by atoms with Gasteiger partial charge in [0.1, 0.15) is 11.5 Å². The minimum atomic E-state index is -1.46. The fourth-order valence-electron chi connectivity index (χ4n) is 8.36. The number of fused-ring (bicyclic) bond motifs is 4. The Hall–Kier alpha value is -4.43. The Morgan fingerprint density at radius 3 is 2.41 bits per heavy atom. The number of carbonyl (C=O) groups excluding carboxylic acids is 4. The molecule has 8 nitrogen and oxygen atoms in total. The number of hydrogen-bond donors (Lipinski definition) is 1. The van der Waals surface area contributed by atoms with E-state index in [9.17, 15) is 19.5 Å². The van der Waals surface area contributed by atoms with Gasteiger partial charge in [0.2, 0.25) is 23.6 Å². The van der Waals surface area contributed by atoms with E-state index in [2.05, 4.69) is 0 Å². The SMILES string of the molecule is CCN1C(=O)C2CC=C3C(CC4C(=O)N(c5cccc(Cl)c5)C(=O)C4(c4ccccc4)C3c3cc(OC)ccc3O)C2C1=O. The molecule has 2 saturated heterocycles. The highest BCUT2D eigenvalue weighted by Crippen LogP contribution is 2.65. The van der Waals surface area contributed by atoms with Gasteiger partial charge in [0.25, 0.3) is 0 Å². The molecule has 2 aliphatic heterocycles. The number of ether oxygens (including phenoxy) is 1. The number of nitrogens with zero attached hydrogens (tertiary/aromatic N) is 2. The first kappa shape index (κ1) is 28.3. The van der Waals surface area contributed by atoms with E-state index >= 15 is 4.79 Å². The molecule has 3 aromatic carbocycles. The second-order valence-corrected chi connectivity index (χ2v) is 12.4. The minimum Gasteiger partial charge on any atom is -0.508 e. The predicted molar refractivity (Wildman–Crippen MR) is 163 cm³/mol. The van der Waals surface area contributed by atoms with Crippen LogP contribution in [-0.2, 0) is 24.6 Å². The number of allylic oxidation sites excluding steroid dienone is 2. The van der Waals surface area contributed by atoms with Gasteiger partial charge in [-0.1, -0.05) is 59.6 Å². The lowest BCUT2D eigenvalue weighted by molar-refractivity contribution is -0.140. The van der Waals surface area contributed by atoms with Crippen LogP contribution in [0.3, 0.4) is 0 Å². The van der Waals surface area contributed by atoms with Gasteiger partial charge in [-0.3, -0.25) is 24.1 Å². The number of imide groups is 2. The van der Waals surface area contributed by atoms with Crippen molar-refractivity contribution in [1.82, 2.24) is 4.90 Å². The van der Waals surface area contributed by atoms with E-state index in [-0.39, 0.29) is 30.5 Å². The summed E-state index contributed by atoms with van der Waals surface area (Å²) in [5.41, 5.74) is 0.722. The molecule has 6 unspecified atom stereocenters. The maximum atomic E-state index is 15.1. The first-order chi connectivity index (χ1) is 21.2. The van der Waals surface area contributed by atoms with Crippen molar-refractivity contribution in [2.45, 2.75) is 31.1 Å². The van der Waals surface area contributed by atoms with Crippen LogP contribution in [0.4, 0.5) is 5.69 Å². The maximum Gasteiger partial charge on any atom is 0.246 e. The van der Waals surface area contributed by atoms with Gasteiger partial charge in [0.15, 0.2) is 0 Å². The number of likely N-dealkylation sites (tertiary alicyclic amines) is 1. The Labute approximate surface area is 259 Å². The first-order valence-electron chi connectivity index (χ1n) is 14.9. The van der Waals surface area contributed by atoms with Crippen molar-refractivity contribution in [1.29, 1.82) is 0 Å². The van der Waals surface area contributed by atoms with E-state index in [1.165, 1.54) is 23.0 Å². The average Bonchev–Trinajstić information content (AvgIpc) is 3.42. The van der Waals surface area contributed by atoms with E-state index < -0.39 is 46.8 Å². The highest BCUT2D eigenvalue weighted by Gasteiger charge is 2.70. The Morgan fingerprint density at radius 2 is 1.70 bits per heavy atom. The average molecular weight is 611 g/mol. The van der Waals surface area contributed by atoms with Crippen LogP contribution in [0.2, 0.25) is 5.02 Å². The number of phenols is 1. The monoisotopic (exact) mass is 610 g/mol. The van der Waals surface area contributed by atoms with Gasteiger partial charge < -0.3 is 9.84 Å². The number of hydrogen-bond acceptors (Lipinski definition) is 6. The number of rotatable bonds is 5. The van der Waals surface area contributed by atoms with Crippen molar-refractivity contribution >= 4 is 40.9 Å². The molecule has 4 amide bonds. The van der Waals surface area contributed by atoms with E-state index in [1.54, 1.807) is 43.3 Å². The van der Waals surface area contributed by atoms with Crippen molar-refractivity contribution < 1.29 is 29.0 Å². The maximum absolute atomic E-state index is 15.1. The van der Waals surface area contributed by atoms with E-state index in [4.69, 9.17) is 16.3 Å². The molecule has 4 aliphatic rings. The van der Waals surface area contributed by atoms with Crippen LogP contribution >= 0.6 is 11.6 Å². The van der Waals surface area contributed by atoms with Crippen LogP contribution < -0.4 is 9.64 Å². The van der Waals surface area contributed by atoms with Crippen LogP contribution in [0.5, 0.6) is 11.5 Å². The van der Waals surface area contributed by atoms with Gasteiger partial charge in [0.05, 0.1) is 36.0 Å². The summed E-state index contributed by atoms with van der Waals surface area (Å²) < 4.78 is 5.55. The molecule has 0 bridgehead atoms. The Balaban J connectivity index is 1.53. The molecule has 9 heteroatoms. The summed E-state index contributed by atoms with van der Waals surface area (Å²) in [7, 11) is 1.52. The first-order valence-corrected chi connectivity index (χ1v) is 15.2. The highest BCUT2D eigenvalue weighted by atomic mass is 35.5. The predicted octanol–water partition coefficient (Wildman–Crippen LogP) is 5.24. The van der Waals surface area contributed by atoms with Crippen LogP contribution in [0.15, 0.2) is 84.4 Å². The summed E-state index contributed by atoms with van der Waals surface area (Å²) in [5, 5.41) is 11.8. The van der Waals surface area contributed by atoms with Crippen molar-refractivity contribution in [2.24, 2.45) is 23.7 Å². The topological polar surface area (TPSA) is 104 Å². The Kier molecular flexibility index (Phi) is 6.66. The highest BCUT2D eigenvalue weighted by molar-refractivity contribution is 6.32. The number of methoxy groups -OCH3 is 1. The normalized spacial score (nSPS) is 29.3. The van der Waals surface area contributed by atoms with Crippen LogP contribution in [0.1, 0.15) is 36.8 Å². The van der Waals surface area contributed by atoms with Crippen molar-refractivity contribution in [3.8, 4) is 11.5 Å². The molecule has 6 atom stereocenters. The van der Waals surface area contributed by atoms with Crippen LogP contribution in [0.25, 0.3) is 0 Å². The zero-order chi connectivity index (χ0) is 30.9. The number of halogens is 1. The molecule has 1 N–H and O–H groups in total. The number of benzene rings is 3. The summed E-state index contributed by atoms with van der Waals surface area (Å²) in [5.74, 6) is -4.27. The number of aromatic hydroxyl groups is 1. The summed E-state index contributed by atoms with van der Waals surface area (Å²) >= 11 is 6.34. The summed E-state index contributed by atoms with van der Waals surface area (Å²) in [4.78, 5) is 59.4. The Bertz CT molecular complexity index is 1750. The van der Waals surface area contributed by atoms with E-state index in [0.717, 1.165) is 5.57 Å². The van der Waals surface area contributed by atoms with Crippen molar-refractivity contribution in [3.05, 3.63) is 101 Å². The zero-order valence-electron chi connectivity index (χ0n) is 24.3. The van der Waals surface area contributed by atoms with Crippen molar-refractivity contribution in [2.75, 3.05) is 18.6 Å². The molecule has 224 valence electrons. The van der Waals surface area contributed by atoms with Gasteiger partial charge >= 0.3 is 0 Å². The second-order valence-electron chi connectivity index (χ2n) is 11.9.